The van der Waals surface area contributed by atoms with Crippen molar-refractivity contribution in [3.05, 3.63) is 18.5 Å². The molecule has 21 heavy (non-hydrogen) atoms. The molecule has 0 aromatic carbocycles. The van der Waals surface area contributed by atoms with Crippen LogP contribution in [0.4, 0.5) is 5.69 Å². The number of aromatic nitrogens is 3. The minimum absolute atomic E-state index is 0.194. The van der Waals surface area contributed by atoms with E-state index in [1.807, 2.05) is 13.8 Å². The van der Waals surface area contributed by atoms with Gasteiger partial charge in [0.05, 0.1) is 30.5 Å². The zero-order valence-electron chi connectivity index (χ0n) is 11.9. The second-order valence-electron chi connectivity index (χ2n) is 5.09. The zero-order chi connectivity index (χ0) is 15.6. The van der Waals surface area contributed by atoms with Gasteiger partial charge in [-0.05, 0) is 19.9 Å². The Morgan fingerprint density at radius 2 is 2.10 bits per heavy atom. The monoisotopic (exact) mass is 290 g/mol. The molecule has 0 aliphatic carbocycles. The molecule has 5 N–H and O–H groups in total. The summed E-state index contributed by atoms with van der Waals surface area (Å²) in [4.78, 5) is 26.8. The first-order chi connectivity index (χ1) is 9.88. The number of primary amides is 1. The van der Waals surface area contributed by atoms with Gasteiger partial charge in [0.15, 0.2) is 5.65 Å². The minimum atomic E-state index is -0.975. The number of amides is 2. The normalized spacial score (nSPS) is 12.6. The van der Waals surface area contributed by atoms with Crippen LogP contribution in [0.1, 0.15) is 26.3 Å². The van der Waals surface area contributed by atoms with Crippen LogP contribution in [0.2, 0.25) is 0 Å². The topological polar surface area (TPSA) is 129 Å². The number of nitrogens with two attached hydrogens (primary N) is 2. The summed E-state index contributed by atoms with van der Waals surface area (Å²) in [7, 11) is 0. The van der Waals surface area contributed by atoms with Crippen LogP contribution in [0.5, 0.6) is 0 Å². The second kappa shape index (κ2) is 5.88. The van der Waals surface area contributed by atoms with Crippen LogP contribution in [-0.4, -0.2) is 32.6 Å². The standard InChI is InChI=1S/C13H18N6O2/c1-7(2)19-12-8(5-17-19)3-9(6-16-12)18-13(21)10(14)4-11(15)20/h3,5-7,10H,4,14H2,1-2H3,(H2,15,20)(H,18,21). The fraction of sp³-hybridized carbons (Fsp3) is 0.385. The first kappa shape index (κ1) is 14.9. The molecular formula is C13H18N6O2. The Morgan fingerprint density at radius 1 is 1.38 bits per heavy atom. The molecule has 2 aromatic rings. The quantitative estimate of drug-likeness (QED) is 0.722. The Kier molecular flexibility index (Phi) is 4.18. The molecule has 0 saturated heterocycles. The van der Waals surface area contributed by atoms with E-state index < -0.39 is 17.9 Å². The molecule has 8 nitrogen and oxygen atoms in total. The van der Waals surface area contributed by atoms with Gasteiger partial charge in [-0.15, -0.1) is 0 Å². The zero-order valence-corrected chi connectivity index (χ0v) is 11.9. The fourth-order valence-electron chi connectivity index (χ4n) is 1.93. The van der Waals surface area contributed by atoms with Crippen molar-refractivity contribution in [2.45, 2.75) is 32.4 Å². The molecule has 0 aliphatic rings. The highest BCUT2D eigenvalue weighted by atomic mass is 16.2. The first-order valence-electron chi connectivity index (χ1n) is 6.56. The molecule has 2 amide bonds. The molecule has 0 aliphatic heterocycles. The second-order valence-corrected chi connectivity index (χ2v) is 5.09. The number of pyridine rings is 1. The van der Waals surface area contributed by atoms with Crippen LogP contribution in [0.15, 0.2) is 18.5 Å². The van der Waals surface area contributed by atoms with Gasteiger partial charge < -0.3 is 16.8 Å². The van der Waals surface area contributed by atoms with Gasteiger partial charge in [-0.2, -0.15) is 5.10 Å². The number of anilines is 1. The molecule has 0 spiro atoms. The van der Waals surface area contributed by atoms with E-state index in [0.29, 0.717) is 5.69 Å². The molecule has 2 aromatic heterocycles. The third-order valence-corrected chi connectivity index (χ3v) is 2.95. The third kappa shape index (κ3) is 3.34. The summed E-state index contributed by atoms with van der Waals surface area (Å²) in [6, 6.07) is 0.972. The predicted molar refractivity (Wildman–Crippen MR) is 78.3 cm³/mol. The number of nitrogens with zero attached hydrogens (tertiary/aromatic N) is 3. The van der Waals surface area contributed by atoms with Crippen molar-refractivity contribution in [3.63, 3.8) is 0 Å². The maximum atomic E-state index is 11.8. The highest BCUT2D eigenvalue weighted by molar-refractivity contribution is 5.98. The molecular weight excluding hydrogens is 272 g/mol. The maximum absolute atomic E-state index is 11.8. The van der Waals surface area contributed by atoms with Crippen molar-refractivity contribution in [2.75, 3.05) is 5.32 Å². The summed E-state index contributed by atoms with van der Waals surface area (Å²) in [5.41, 5.74) is 11.8. The van der Waals surface area contributed by atoms with Gasteiger partial charge in [-0.25, -0.2) is 9.67 Å². The van der Waals surface area contributed by atoms with E-state index in [4.69, 9.17) is 11.5 Å². The number of fused-ring (bicyclic) bond motifs is 1. The Bertz CT molecular complexity index is 678. The van der Waals surface area contributed by atoms with E-state index in [1.165, 1.54) is 6.20 Å². The average Bonchev–Trinajstić information content (AvgIpc) is 2.80. The summed E-state index contributed by atoms with van der Waals surface area (Å²) in [6.45, 7) is 4.01. The van der Waals surface area contributed by atoms with Crippen LogP contribution < -0.4 is 16.8 Å². The number of hydrogen-bond donors (Lipinski definition) is 3. The number of carbonyl (C=O) groups is 2. The van der Waals surface area contributed by atoms with Gasteiger partial charge in [0.2, 0.25) is 11.8 Å². The lowest BCUT2D eigenvalue weighted by Crippen LogP contribution is -2.39. The van der Waals surface area contributed by atoms with Crippen LogP contribution >= 0.6 is 0 Å². The first-order valence-corrected chi connectivity index (χ1v) is 6.56. The molecule has 0 fully saturated rings. The Morgan fingerprint density at radius 3 is 2.71 bits per heavy atom. The fourth-order valence-corrected chi connectivity index (χ4v) is 1.93. The van der Waals surface area contributed by atoms with Crippen LogP contribution in [-0.2, 0) is 9.59 Å². The third-order valence-electron chi connectivity index (χ3n) is 2.95. The molecule has 1 atom stereocenters. The molecule has 8 heteroatoms. The summed E-state index contributed by atoms with van der Waals surface area (Å²) in [5, 5.41) is 7.66. The van der Waals surface area contributed by atoms with Gasteiger partial charge in [0.1, 0.15) is 0 Å². The molecule has 2 rings (SSSR count). The lowest BCUT2D eigenvalue weighted by atomic mass is 10.2. The summed E-state index contributed by atoms with van der Waals surface area (Å²) in [6.07, 6.45) is 3.01. The average molecular weight is 290 g/mol. The van der Waals surface area contributed by atoms with Gasteiger partial charge in [-0.3, -0.25) is 9.59 Å². The van der Waals surface area contributed by atoms with E-state index >= 15 is 0 Å². The number of carbonyl (C=O) groups excluding carboxylic acids is 2. The van der Waals surface area contributed by atoms with Crippen molar-refractivity contribution in [1.29, 1.82) is 0 Å². The van der Waals surface area contributed by atoms with Crippen molar-refractivity contribution >= 4 is 28.5 Å². The largest absolute Gasteiger partial charge is 0.370 e. The van der Waals surface area contributed by atoms with Crippen LogP contribution in [0.3, 0.4) is 0 Å². The van der Waals surface area contributed by atoms with Crippen LogP contribution in [0.25, 0.3) is 11.0 Å². The minimum Gasteiger partial charge on any atom is -0.370 e. The van der Waals surface area contributed by atoms with E-state index in [1.54, 1.807) is 16.9 Å². The Balaban J connectivity index is 2.16. The highest BCUT2D eigenvalue weighted by Crippen LogP contribution is 2.19. The highest BCUT2D eigenvalue weighted by Gasteiger charge is 2.16. The van der Waals surface area contributed by atoms with E-state index in [0.717, 1.165) is 11.0 Å². The Hall–Kier alpha value is -2.48. The molecule has 0 bridgehead atoms. The van der Waals surface area contributed by atoms with Gasteiger partial charge in [-0.1, -0.05) is 0 Å². The van der Waals surface area contributed by atoms with Gasteiger partial charge >= 0.3 is 0 Å². The smallest absolute Gasteiger partial charge is 0.241 e. The van der Waals surface area contributed by atoms with Crippen molar-refractivity contribution in [2.24, 2.45) is 11.5 Å². The SMILES string of the molecule is CC(C)n1ncc2cc(NC(=O)C(N)CC(N)=O)cnc21. The van der Waals surface area contributed by atoms with E-state index in [-0.39, 0.29) is 12.5 Å². The molecule has 0 radical (unpaired) electrons. The Labute approximate surface area is 121 Å². The lowest BCUT2D eigenvalue weighted by Gasteiger charge is -2.11. The van der Waals surface area contributed by atoms with Crippen LogP contribution in [0, 0.1) is 0 Å². The van der Waals surface area contributed by atoms with E-state index in [2.05, 4.69) is 15.4 Å². The van der Waals surface area contributed by atoms with Crippen molar-refractivity contribution < 1.29 is 9.59 Å². The number of nitrogens with one attached hydrogen (secondary N) is 1. The molecule has 0 saturated carbocycles. The van der Waals surface area contributed by atoms with E-state index in [9.17, 15) is 9.59 Å². The predicted octanol–water partition coefficient (Wildman–Crippen LogP) is 0.153. The van der Waals surface area contributed by atoms with Crippen molar-refractivity contribution in [3.8, 4) is 0 Å². The number of hydrogen-bond acceptors (Lipinski definition) is 5. The van der Waals surface area contributed by atoms with Gasteiger partial charge in [0, 0.05) is 11.4 Å². The summed E-state index contributed by atoms with van der Waals surface area (Å²) < 4.78 is 1.79. The molecule has 112 valence electrons. The lowest BCUT2D eigenvalue weighted by molar-refractivity contribution is -0.123. The molecule has 1 unspecified atom stereocenters. The number of rotatable bonds is 5. The maximum Gasteiger partial charge on any atom is 0.241 e. The van der Waals surface area contributed by atoms with Crippen molar-refractivity contribution in [1.82, 2.24) is 14.8 Å². The summed E-state index contributed by atoms with van der Waals surface area (Å²) >= 11 is 0. The van der Waals surface area contributed by atoms with Gasteiger partial charge in [0.25, 0.3) is 0 Å². The summed E-state index contributed by atoms with van der Waals surface area (Å²) in [5.74, 6) is -1.10. The molecule has 2 heterocycles.